The third kappa shape index (κ3) is 4.86. The third-order valence-corrected chi connectivity index (χ3v) is 3.07. The number of nitrogens with one attached hydrogen (secondary N) is 1. The molecule has 98 valence electrons. The smallest absolute Gasteiger partial charge is 0.138 e. The molecule has 1 N–H and O–H groups in total. The van der Waals surface area contributed by atoms with E-state index in [2.05, 4.69) is 36.2 Å². The molecule has 1 unspecified atom stereocenters. The van der Waals surface area contributed by atoms with Crippen molar-refractivity contribution in [1.29, 1.82) is 0 Å². The molecule has 0 aliphatic heterocycles. The van der Waals surface area contributed by atoms with Crippen LogP contribution in [0.15, 0.2) is 6.33 Å². The number of aromatic nitrogens is 3. The Morgan fingerprint density at radius 1 is 1.35 bits per heavy atom. The van der Waals surface area contributed by atoms with Crippen LogP contribution >= 0.6 is 0 Å². The molecule has 0 radical (unpaired) electrons. The lowest BCUT2D eigenvalue weighted by Gasteiger charge is -2.15. The van der Waals surface area contributed by atoms with Gasteiger partial charge in [0.05, 0.1) is 0 Å². The average Bonchev–Trinajstić information content (AvgIpc) is 2.76. The molecule has 0 saturated carbocycles. The summed E-state index contributed by atoms with van der Waals surface area (Å²) < 4.78 is 2.04. The van der Waals surface area contributed by atoms with E-state index in [9.17, 15) is 0 Å². The lowest BCUT2D eigenvalue weighted by molar-refractivity contribution is 0.459. The van der Waals surface area contributed by atoms with Gasteiger partial charge in [0.25, 0.3) is 0 Å². The molecular weight excluding hydrogens is 212 g/mol. The van der Waals surface area contributed by atoms with Gasteiger partial charge in [-0.15, -0.1) is 0 Å². The topological polar surface area (TPSA) is 42.7 Å². The lowest BCUT2D eigenvalue weighted by Crippen LogP contribution is -2.28. The highest BCUT2D eigenvalue weighted by Gasteiger charge is 2.07. The molecule has 0 aliphatic carbocycles. The maximum absolute atomic E-state index is 4.33. The second kappa shape index (κ2) is 8.23. The van der Waals surface area contributed by atoms with E-state index in [1.807, 2.05) is 4.68 Å². The fourth-order valence-corrected chi connectivity index (χ4v) is 2.13. The van der Waals surface area contributed by atoms with Gasteiger partial charge in [0.2, 0.25) is 0 Å². The minimum absolute atomic E-state index is 0.655. The molecule has 4 heteroatoms. The first kappa shape index (κ1) is 14.2. The van der Waals surface area contributed by atoms with E-state index in [-0.39, 0.29) is 0 Å². The van der Waals surface area contributed by atoms with Gasteiger partial charge in [0, 0.05) is 19.0 Å². The Kier molecular flexibility index (Phi) is 6.86. The van der Waals surface area contributed by atoms with Crippen LogP contribution in [0.1, 0.15) is 52.3 Å². The Labute approximate surface area is 105 Å². The zero-order valence-corrected chi connectivity index (χ0v) is 11.4. The quantitative estimate of drug-likeness (QED) is 0.718. The van der Waals surface area contributed by atoms with Gasteiger partial charge in [0.15, 0.2) is 0 Å². The van der Waals surface area contributed by atoms with Crippen LogP contribution in [0.4, 0.5) is 0 Å². The number of rotatable bonds is 9. The van der Waals surface area contributed by atoms with E-state index in [1.165, 1.54) is 19.3 Å². The van der Waals surface area contributed by atoms with Crippen LogP contribution in [0, 0.1) is 0 Å². The standard InChI is InChI=1S/C13H26N4/c1-4-10-17-13(15-11-16-17)9-7-8-12(5-2)14-6-3/h11-12,14H,4-10H2,1-3H3. The number of aryl methyl sites for hydroxylation is 2. The van der Waals surface area contributed by atoms with Crippen LogP contribution in [0.5, 0.6) is 0 Å². The molecule has 1 aromatic rings. The summed E-state index contributed by atoms with van der Waals surface area (Å²) in [6.45, 7) is 8.63. The van der Waals surface area contributed by atoms with Gasteiger partial charge in [-0.1, -0.05) is 20.8 Å². The second-order valence-corrected chi connectivity index (χ2v) is 4.45. The predicted molar refractivity (Wildman–Crippen MR) is 71.0 cm³/mol. The monoisotopic (exact) mass is 238 g/mol. The summed E-state index contributed by atoms with van der Waals surface area (Å²) in [5, 5.41) is 7.76. The molecule has 0 aliphatic rings. The average molecular weight is 238 g/mol. The first-order valence-electron chi connectivity index (χ1n) is 6.91. The lowest BCUT2D eigenvalue weighted by atomic mass is 10.1. The van der Waals surface area contributed by atoms with Crippen molar-refractivity contribution in [1.82, 2.24) is 20.1 Å². The molecule has 0 spiro atoms. The number of nitrogens with zero attached hydrogens (tertiary/aromatic N) is 3. The molecule has 17 heavy (non-hydrogen) atoms. The SMILES string of the molecule is CCCn1ncnc1CCCC(CC)NCC. The summed E-state index contributed by atoms with van der Waals surface area (Å²) in [7, 11) is 0. The van der Waals surface area contributed by atoms with E-state index in [0.29, 0.717) is 6.04 Å². The minimum atomic E-state index is 0.655. The molecule has 1 atom stereocenters. The van der Waals surface area contributed by atoms with Crippen molar-refractivity contribution >= 4 is 0 Å². The van der Waals surface area contributed by atoms with E-state index >= 15 is 0 Å². The van der Waals surface area contributed by atoms with E-state index < -0.39 is 0 Å². The molecule has 4 nitrogen and oxygen atoms in total. The Morgan fingerprint density at radius 2 is 2.18 bits per heavy atom. The molecule has 0 fully saturated rings. The van der Waals surface area contributed by atoms with Crippen molar-refractivity contribution in [3.05, 3.63) is 12.2 Å². The van der Waals surface area contributed by atoms with Crippen molar-refractivity contribution in [2.45, 2.75) is 65.5 Å². The first-order chi connectivity index (χ1) is 8.31. The van der Waals surface area contributed by atoms with Gasteiger partial charge in [-0.25, -0.2) is 4.98 Å². The summed E-state index contributed by atoms with van der Waals surface area (Å²) in [6, 6.07) is 0.655. The predicted octanol–water partition coefficient (Wildman–Crippen LogP) is 2.40. The zero-order chi connectivity index (χ0) is 12.5. The largest absolute Gasteiger partial charge is 0.314 e. The Morgan fingerprint density at radius 3 is 2.82 bits per heavy atom. The van der Waals surface area contributed by atoms with Crippen LogP contribution in [-0.4, -0.2) is 27.4 Å². The van der Waals surface area contributed by atoms with Crippen molar-refractivity contribution in [2.24, 2.45) is 0 Å². The minimum Gasteiger partial charge on any atom is -0.314 e. The van der Waals surface area contributed by atoms with Crippen molar-refractivity contribution in [3.63, 3.8) is 0 Å². The van der Waals surface area contributed by atoms with Gasteiger partial charge in [0.1, 0.15) is 12.2 Å². The van der Waals surface area contributed by atoms with Crippen molar-refractivity contribution in [2.75, 3.05) is 6.54 Å². The van der Waals surface area contributed by atoms with Crippen LogP contribution in [0.25, 0.3) is 0 Å². The highest BCUT2D eigenvalue weighted by Crippen LogP contribution is 2.07. The van der Waals surface area contributed by atoms with Crippen molar-refractivity contribution in [3.8, 4) is 0 Å². The molecule has 0 amide bonds. The maximum atomic E-state index is 4.33. The summed E-state index contributed by atoms with van der Waals surface area (Å²) in [5.41, 5.74) is 0. The number of hydrogen-bond donors (Lipinski definition) is 1. The van der Waals surface area contributed by atoms with Crippen LogP contribution in [0.2, 0.25) is 0 Å². The summed E-state index contributed by atoms with van der Waals surface area (Å²) in [4.78, 5) is 4.33. The second-order valence-electron chi connectivity index (χ2n) is 4.45. The first-order valence-corrected chi connectivity index (χ1v) is 6.91. The maximum Gasteiger partial charge on any atom is 0.138 e. The molecule has 0 aromatic carbocycles. The third-order valence-electron chi connectivity index (χ3n) is 3.07. The highest BCUT2D eigenvalue weighted by molar-refractivity contribution is 4.85. The van der Waals surface area contributed by atoms with E-state index in [1.54, 1.807) is 6.33 Å². The van der Waals surface area contributed by atoms with Gasteiger partial charge >= 0.3 is 0 Å². The Bertz CT molecular complexity index is 295. The molecule has 1 heterocycles. The van der Waals surface area contributed by atoms with E-state index in [0.717, 1.165) is 31.8 Å². The highest BCUT2D eigenvalue weighted by atomic mass is 15.3. The van der Waals surface area contributed by atoms with Gasteiger partial charge in [-0.2, -0.15) is 5.10 Å². The van der Waals surface area contributed by atoms with Crippen molar-refractivity contribution < 1.29 is 0 Å². The summed E-state index contributed by atoms with van der Waals surface area (Å²) in [6.07, 6.45) is 7.45. The molecule has 0 saturated heterocycles. The van der Waals surface area contributed by atoms with Gasteiger partial charge < -0.3 is 5.32 Å². The molecular formula is C13H26N4. The fourth-order valence-electron chi connectivity index (χ4n) is 2.13. The Balaban J connectivity index is 2.31. The van der Waals surface area contributed by atoms with E-state index in [4.69, 9.17) is 0 Å². The van der Waals surface area contributed by atoms with Crippen LogP contribution < -0.4 is 5.32 Å². The number of hydrogen-bond acceptors (Lipinski definition) is 3. The normalized spacial score (nSPS) is 12.9. The zero-order valence-electron chi connectivity index (χ0n) is 11.4. The Hall–Kier alpha value is -0.900. The van der Waals surface area contributed by atoms with Crippen LogP contribution in [-0.2, 0) is 13.0 Å². The molecule has 0 bridgehead atoms. The summed E-state index contributed by atoms with van der Waals surface area (Å²) in [5.74, 6) is 1.14. The fraction of sp³-hybridized carbons (Fsp3) is 0.846. The van der Waals surface area contributed by atoms with Crippen LogP contribution in [0.3, 0.4) is 0 Å². The molecule has 1 rings (SSSR count). The summed E-state index contributed by atoms with van der Waals surface area (Å²) >= 11 is 0. The van der Waals surface area contributed by atoms with Gasteiger partial charge in [-0.3, -0.25) is 4.68 Å². The molecule has 1 aromatic heterocycles. The van der Waals surface area contributed by atoms with Gasteiger partial charge in [-0.05, 0) is 32.2 Å².